The van der Waals surface area contributed by atoms with Crippen molar-refractivity contribution < 1.29 is 19.1 Å². The molecule has 0 aliphatic carbocycles. The fourth-order valence-corrected chi connectivity index (χ4v) is 7.62. The van der Waals surface area contributed by atoms with Crippen molar-refractivity contribution in [3.05, 3.63) is 121 Å². The van der Waals surface area contributed by atoms with E-state index in [1.165, 1.54) is 9.58 Å². The number of carbonyl (C=O) groups excluding carboxylic acids is 3. The van der Waals surface area contributed by atoms with Crippen LogP contribution in [0.3, 0.4) is 0 Å². The minimum atomic E-state index is -1.34. The van der Waals surface area contributed by atoms with E-state index in [0.717, 1.165) is 16.9 Å². The minimum absolute atomic E-state index is 0.170. The Labute approximate surface area is 255 Å². The number of fused-ring (bicyclic) bond motifs is 3. The molecule has 222 valence electrons. The van der Waals surface area contributed by atoms with Crippen LogP contribution in [0.4, 0.5) is 10.5 Å². The molecular formula is C32H28N6O5S. The van der Waals surface area contributed by atoms with Crippen molar-refractivity contribution in [2.75, 3.05) is 37.6 Å². The van der Waals surface area contributed by atoms with Crippen LogP contribution in [0.15, 0.2) is 94.7 Å². The van der Waals surface area contributed by atoms with Gasteiger partial charge in [0, 0.05) is 30.8 Å². The van der Waals surface area contributed by atoms with Crippen molar-refractivity contribution in [2.24, 2.45) is 4.99 Å². The third kappa shape index (κ3) is 3.51. The summed E-state index contributed by atoms with van der Waals surface area (Å²) >= 11 is 1.06. The molecule has 1 fully saturated rings. The first-order valence-electron chi connectivity index (χ1n) is 14.1. The average molecular weight is 609 g/mol. The standard InChI is InChI=1S/C32H28N6O5S/c1-4-43-24(39)19-37-23-18-12-11-17-22(23)25(27(37)40)26-28(41)38-29(44-26)33-31(20-13-7-5-8-14-20)32(34-38,21-15-9-6-10-16-21)36(3)30(42)35(31)2/h5-18,34H,4,19H2,1-3H3/b26-25-. The summed E-state index contributed by atoms with van der Waals surface area (Å²) in [7, 11) is 3.38. The molecule has 4 aromatic rings. The number of para-hydroxylation sites is 1. The van der Waals surface area contributed by atoms with Crippen LogP contribution in [0, 0.1) is 0 Å². The van der Waals surface area contributed by atoms with Crippen LogP contribution in [0.1, 0.15) is 23.6 Å². The van der Waals surface area contributed by atoms with Gasteiger partial charge in [-0.3, -0.25) is 34.5 Å². The van der Waals surface area contributed by atoms with Crippen LogP contribution in [-0.2, 0) is 25.7 Å². The number of esters is 1. The van der Waals surface area contributed by atoms with Crippen LogP contribution in [0.5, 0.6) is 0 Å². The molecule has 0 bridgehead atoms. The van der Waals surface area contributed by atoms with E-state index >= 15 is 0 Å². The number of rotatable bonds is 5. The summed E-state index contributed by atoms with van der Waals surface area (Å²) in [4.78, 5) is 64.4. The second kappa shape index (κ2) is 9.91. The highest BCUT2D eigenvalue weighted by Gasteiger charge is 2.69. The number of carbonyl (C=O) groups is 3. The van der Waals surface area contributed by atoms with Gasteiger partial charge in [0.2, 0.25) is 16.1 Å². The van der Waals surface area contributed by atoms with Crippen molar-refractivity contribution >= 4 is 40.5 Å². The van der Waals surface area contributed by atoms with E-state index in [-0.39, 0.29) is 34.1 Å². The first-order valence-corrected chi connectivity index (χ1v) is 14.9. The van der Waals surface area contributed by atoms with Gasteiger partial charge in [0.25, 0.3) is 11.5 Å². The maximum Gasteiger partial charge on any atom is 0.326 e. The van der Waals surface area contributed by atoms with Gasteiger partial charge >= 0.3 is 12.0 Å². The number of hydrogen-bond acceptors (Lipinski definition) is 8. The molecule has 11 nitrogen and oxygen atoms in total. The zero-order chi connectivity index (χ0) is 30.8. The molecule has 1 aromatic heterocycles. The Balaban J connectivity index is 1.53. The topological polar surface area (TPSA) is 117 Å². The first-order chi connectivity index (χ1) is 21.3. The predicted molar refractivity (Wildman–Crippen MR) is 164 cm³/mol. The summed E-state index contributed by atoms with van der Waals surface area (Å²) in [6.07, 6.45) is 0. The molecule has 2 atom stereocenters. The van der Waals surface area contributed by atoms with Crippen molar-refractivity contribution in [2.45, 2.75) is 18.2 Å². The summed E-state index contributed by atoms with van der Waals surface area (Å²) in [5, 5.41) is 0. The van der Waals surface area contributed by atoms with Gasteiger partial charge < -0.3 is 4.74 Å². The molecule has 3 amide bonds. The zero-order valence-corrected chi connectivity index (χ0v) is 25.0. The molecule has 3 aromatic carbocycles. The second-order valence-corrected chi connectivity index (χ2v) is 11.7. The highest BCUT2D eigenvalue weighted by Crippen LogP contribution is 2.53. The minimum Gasteiger partial charge on any atom is -0.465 e. The van der Waals surface area contributed by atoms with Crippen molar-refractivity contribution in [1.82, 2.24) is 14.5 Å². The van der Waals surface area contributed by atoms with Gasteiger partial charge in [-0.2, -0.15) is 4.68 Å². The summed E-state index contributed by atoms with van der Waals surface area (Å²) in [5.41, 5.74) is 2.97. The fraction of sp³-hybridized carbons (Fsp3) is 0.219. The Morgan fingerprint density at radius 2 is 1.52 bits per heavy atom. The summed E-state index contributed by atoms with van der Waals surface area (Å²) in [5.74, 6) is -1.02. The van der Waals surface area contributed by atoms with Crippen LogP contribution in [0.25, 0.3) is 5.57 Å². The lowest BCUT2D eigenvalue weighted by Crippen LogP contribution is -2.67. The molecule has 3 aliphatic heterocycles. The number of ether oxygens (including phenoxy) is 1. The number of likely N-dealkylation sites (N-methyl/N-ethyl adjacent to an activating group) is 2. The SMILES string of the molecule is CCOC(=O)CN1C(=O)/C(=c2\sc3n(c2=O)NC2(c4ccccc4)N(C)C(=O)N(C)C2(c2ccccc2)N=3)c2ccccc21. The highest BCUT2D eigenvalue weighted by molar-refractivity contribution is 7.07. The number of benzene rings is 3. The van der Waals surface area contributed by atoms with Gasteiger partial charge in [-0.25, -0.2) is 9.79 Å². The third-order valence-electron chi connectivity index (χ3n) is 8.49. The molecule has 0 spiro atoms. The van der Waals surface area contributed by atoms with Crippen molar-refractivity contribution in [1.29, 1.82) is 0 Å². The van der Waals surface area contributed by atoms with E-state index in [9.17, 15) is 19.2 Å². The quantitative estimate of drug-likeness (QED) is 0.346. The normalized spacial score (nSPS) is 23.1. The number of urea groups is 1. The fourth-order valence-electron chi connectivity index (χ4n) is 6.56. The van der Waals surface area contributed by atoms with Gasteiger partial charge in [-0.05, 0) is 13.0 Å². The Bertz CT molecular complexity index is 2030. The molecule has 7 rings (SSSR count). The van der Waals surface area contributed by atoms with E-state index in [2.05, 4.69) is 5.43 Å². The Morgan fingerprint density at radius 3 is 2.20 bits per heavy atom. The summed E-state index contributed by atoms with van der Waals surface area (Å²) in [6, 6.07) is 25.7. The van der Waals surface area contributed by atoms with Gasteiger partial charge in [-0.1, -0.05) is 90.2 Å². The molecule has 0 saturated carbocycles. The van der Waals surface area contributed by atoms with Gasteiger partial charge in [-0.15, -0.1) is 0 Å². The molecule has 44 heavy (non-hydrogen) atoms. The summed E-state index contributed by atoms with van der Waals surface area (Å²) in [6.45, 7) is 1.60. The number of nitrogens with one attached hydrogen (secondary N) is 1. The average Bonchev–Trinajstić information content (AvgIpc) is 3.56. The van der Waals surface area contributed by atoms with E-state index in [1.807, 2.05) is 60.7 Å². The third-order valence-corrected chi connectivity index (χ3v) is 9.53. The largest absolute Gasteiger partial charge is 0.465 e. The zero-order valence-electron chi connectivity index (χ0n) is 24.2. The van der Waals surface area contributed by atoms with E-state index in [0.29, 0.717) is 16.8 Å². The lowest BCUT2D eigenvalue weighted by atomic mass is 9.80. The molecule has 1 saturated heterocycles. The van der Waals surface area contributed by atoms with E-state index in [4.69, 9.17) is 9.73 Å². The molecule has 4 heterocycles. The molecule has 1 N–H and O–H groups in total. The monoisotopic (exact) mass is 608 g/mol. The Hall–Kier alpha value is -5.23. The van der Waals surface area contributed by atoms with Crippen LogP contribution in [0.2, 0.25) is 0 Å². The maximum absolute atomic E-state index is 14.3. The number of aromatic nitrogens is 1. The maximum atomic E-state index is 14.3. The van der Waals surface area contributed by atoms with Gasteiger partial charge in [0.05, 0.1) is 17.9 Å². The highest BCUT2D eigenvalue weighted by atomic mass is 32.1. The second-order valence-electron chi connectivity index (χ2n) is 10.7. The van der Waals surface area contributed by atoms with Crippen molar-refractivity contribution in [3.63, 3.8) is 0 Å². The van der Waals surface area contributed by atoms with Crippen LogP contribution >= 0.6 is 11.3 Å². The number of hydrogen-bond donors (Lipinski definition) is 1. The Kier molecular flexibility index (Phi) is 6.22. The Morgan fingerprint density at radius 1 is 0.886 bits per heavy atom. The van der Waals surface area contributed by atoms with E-state index in [1.54, 1.807) is 55.1 Å². The number of thiazole rings is 1. The van der Waals surface area contributed by atoms with Gasteiger partial charge in [0.1, 0.15) is 11.1 Å². The summed E-state index contributed by atoms with van der Waals surface area (Å²) < 4.78 is 6.61. The van der Waals surface area contributed by atoms with Crippen LogP contribution in [-0.4, -0.2) is 59.6 Å². The smallest absolute Gasteiger partial charge is 0.326 e. The van der Waals surface area contributed by atoms with Crippen molar-refractivity contribution in [3.8, 4) is 0 Å². The lowest BCUT2D eigenvalue weighted by Gasteiger charge is -2.49. The number of anilines is 1. The molecule has 2 unspecified atom stereocenters. The van der Waals surface area contributed by atoms with E-state index < -0.39 is 28.8 Å². The molecule has 12 heteroatoms. The number of amides is 3. The lowest BCUT2D eigenvalue weighted by molar-refractivity contribution is -0.142. The number of nitrogens with zero attached hydrogens (tertiary/aromatic N) is 5. The van der Waals surface area contributed by atoms with Gasteiger partial charge in [0.15, 0.2) is 0 Å². The predicted octanol–water partition coefficient (Wildman–Crippen LogP) is 1.90. The molecule has 3 aliphatic rings. The molecule has 0 radical (unpaired) electrons. The van der Waals surface area contributed by atoms with Crippen LogP contribution < -0.4 is 25.2 Å². The first kappa shape index (κ1) is 27.6. The molecular weight excluding hydrogens is 580 g/mol.